The number of rotatable bonds is 3. The molecule has 0 spiro atoms. The summed E-state index contributed by atoms with van der Waals surface area (Å²) >= 11 is 3.34. The van der Waals surface area contributed by atoms with E-state index in [-0.39, 0.29) is 22.8 Å². The third-order valence-electron chi connectivity index (χ3n) is 3.91. The van der Waals surface area contributed by atoms with E-state index in [1.807, 2.05) is 0 Å². The first kappa shape index (κ1) is 18.2. The molecule has 0 aliphatic carbocycles. The van der Waals surface area contributed by atoms with Gasteiger partial charge in [-0.05, 0) is 48.5 Å². The van der Waals surface area contributed by atoms with Crippen molar-refractivity contribution in [2.75, 3.05) is 0 Å². The van der Waals surface area contributed by atoms with Gasteiger partial charge >= 0.3 is 6.36 Å². The maximum Gasteiger partial charge on any atom is 0.573 e. The van der Waals surface area contributed by atoms with Crippen molar-refractivity contribution in [3.8, 4) is 22.8 Å². The van der Waals surface area contributed by atoms with Gasteiger partial charge in [-0.2, -0.15) is 5.10 Å². The Labute approximate surface area is 163 Å². The summed E-state index contributed by atoms with van der Waals surface area (Å²) in [4.78, 5) is 17.4. The Bertz CT molecular complexity index is 1200. The molecule has 0 radical (unpaired) electrons. The van der Waals surface area contributed by atoms with Crippen LogP contribution in [0.1, 0.15) is 0 Å². The van der Waals surface area contributed by atoms with E-state index in [0.29, 0.717) is 16.6 Å². The molecule has 2 aromatic heterocycles. The van der Waals surface area contributed by atoms with Crippen molar-refractivity contribution < 1.29 is 17.9 Å². The molecule has 0 amide bonds. The highest BCUT2D eigenvalue weighted by Gasteiger charge is 2.31. The average Bonchev–Trinajstić information content (AvgIpc) is 3.11. The summed E-state index contributed by atoms with van der Waals surface area (Å²) in [5.41, 5.74) is 0.913. The minimum Gasteiger partial charge on any atom is -0.406 e. The summed E-state index contributed by atoms with van der Waals surface area (Å²) in [5.74, 6) is -0.112. The van der Waals surface area contributed by atoms with Crippen LogP contribution in [-0.2, 0) is 0 Å². The first-order valence-corrected chi connectivity index (χ1v) is 8.69. The Kier molecular flexibility index (Phi) is 4.42. The second-order valence-electron chi connectivity index (χ2n) is 5.76. The quantitative estimate of drug-likeness (QED) is 0.500. The van der Waals surface area contributed by atoms with E-state index in [9.17, 15) is 18.0 Å². The van der Waals surface area contributed by atoms with E-state index >= 15 is 0 Å². The largest absolute Gasteiger partial charge is 0.573 e. The summed E-state index contributed by atoms with van der Waals surface area (Å²) in [6, 6.07) is 12.1. The summed E-state index contributed by atoms with van der Waals surface area (Å²) in [5, 5.41) is 6.79. The molecule has 142 valence electrons. The summed E-state index contributed by atoms with van der Waals surface area (Å²) < 4.78 is 43.2. The highest BCUT2D eigenvalue weighted by molar-refractivity contribution is 9.10. The SMILES string of the molecule is O=c1c2cn[nH]c2nc(-c2ccc(OC(F)(F)F)cc2)n1-c1ccc(Br)cc1. The van der Waals surface area contributed by atoms with Crippen LogP contribution in [0, 0.1) is 0 Å². The van der Waals surface area contributed by atoms with Crippen LogP contribution in [0.5, 0.6) is 5.75 Å². The predicted molar refractivity (Wildman–Crippen MR) is 99.3 cm³/mol. The number of hydrogen-bond donors (Lipinski definition) is 1. The first-order chi connectivity index (χ1) is 13.3. The van der Waals surface area contributed by atoms with Gasteiger partial charge in [-0.1, -0.05) is 15.9 Å². The molecule has 0 atom stereocenters. The zero-order chi connectivity index (χ0) is 19.9. The number of halogens is 4. The van der Waals surface area contributed by atoms with Crippen molar-refractivity contribution in [1.82, 2.24) is 19.7 Å². The molecule has 0 aliphatic heterocycles. The maximum absolute atomic E-state index is 13.0. The van der Waals surface area contributed by atoms with Gasteiger partial charge in [0.25, 0.3) is 5.56 Å². The van der Waals surface area contributed by atoms with Crippen LogP contribution in [0.4, 0.5) is 13.2 Å². The van der Waals surface area contributed by atoms with Gasteiger partial charge in [-0.3, -0.25) is 14.5 Å². The number of nitrogens with zero attached hydrogens (tertiary/aromatic N) is 3. The molecule has 2 heterocycles. The minimum absolute atomic E-state index is 0.252. The van der Waals surface area contributed by atoms with E-state index < -0.39 is 6.36 Å². The molecule has 4 rings (SSSR count). The van der Waals surface area contributed by atoms with Gasteiger partial charge in [0.2, 0.25) is 0 Å². The van der Waals surface area contributed by atoms with Gasteiger partial charge in [-0.25, -0.2) is 4.98 Å². The second-order valence-corrected chi connectivity index (χ2v) is 6.67. The van der Waals surface area contributed by atoms with Crippen LogP contribution >= 0.6 is 15.9 Å². The third kappa shape index (κ3) is 3.50. The Hall–Kier alpha value is -3.14. The number of fused-ring (bicyclic) bond motifs is 1. The van der Waals surface area contributed by atoms with Crippen LogP contribution in [0.15, 0.2) is 64.0 Å². The maximum atomic E-state index is 13.0. The van der Waals surface area contributed by atoms with E-state index in [1.165, 1.54) is 22.9 Å². The van der Waals surface area contributed by atoms with Crippen molar-refractivity contribution in [2.45, 2.75) is 6.36 Å². The smallest absolute Gasteiger partial charge is 0.406 e. The van der Waals surface area contributed by atoms with Crippen molar-refractivity contribution in [3.05, 3.63) is 69.6 Å². The number of nitrogens with one attached hydrogen (secondary N) is 1. The van der Waals surface area contributed by atoms with Crippen LogP contribution in [-0.4, -0.2) is 26.1 Å². The number of aromatic amines is 1. The molecule has 6 nitrogen and oxygen atoms in total. The molecule has 0 aliphatic rings. The Balaban J connectivity index is 1.89. The molecule has 4 aromatic rings. The van der Waals surface area contributed by atoms with Crippen LogP contribution in [0.3, 0.4) is 0 Å². The average molecular weight is 451 g/mol. The number of alkyl halides is 3. The fourth-order valence-electron chi connectivity index (χ4n) is 2.72. The normalized spacial score (nSPS) is 11.7. The van der Waals surface area contributed by atoms with Crippen molar-refractivity contribution in [1.29, 1.82) is 0 Å². The van der Waals surface area contributed by atoms with Gasteiger partial charge in [0.15, 0.2) is 5.65 Å². The number of aromatic nitrogens is 4. The van der Waals surface area contributed by atoms with E-state index in [1.54, 1.807) is 24.3 Å². The third-order valence-corrected chi connectivity index (χ3v) is 4.44. The first-order valence-electron chi connectivity index (χ1n) is 7.90. The summed E-state index contributed by atoms with van der Waals surface area (Å²) in [6.45, 7) is 0. The lowest BCUT2D eigenvalue weighted by atomic mass is 10.2. The van der Waals surface area contributed by atoms with Gasteiger partial charge < -0.3 is 4.74 Å². The Morgan fingerprint density at radius 1 is 1.04 bits per heavy atom. The molecular formula is C18H10BrF3N4O2. The second kappa shape index (κ2) is 6.79. The van der Waals surface area contributed by atoms with E-state index in [2.05, 4.69) is 35.8 Å². The molecule has 0 unspecified atom stereocenters. The highest BCUT2D eigenvalue weighted by atomic mass is 79.9. The lowest BCUT2D eigenvalue weighted by molar-refractivity contribution is -0.274. The zero-order valence-corrected chi connectivity index (χ0v) is 15.5. The number of hydrogen-bond acceptors (Lipinski definition) is 4. The molecule has 0 bridgehead atoms. The van der Waals surface area contributed by atoms with Crippen LogP contribution in [0.25, 0.3) is 28.1 Å². The molecular weight excluding hydrogens is 441 g/mol. The zero-order valence-electron chi connectivity index (χ0n) is 13.9. The van der Waals surface area contributed by atoms with Gasteiger partial charge in [-0.15, -0.1) is 13.2 Å². The van der Waals surface area contributed by atoms with Crippen LogP contribution < -0.4 is 10.3 Å². The van der Waals surface area contributed by atoms with E-state index in [0.717, 1.165) is 16.6 Å². The summed E-state index contributed by atoms with van der Waals surface area (Å²) in [6.07, 6.45) is -3.40. The fraction of sp³-hybridized carbons (Fsp3) is 0.0556. The standard InChI is InChI=1S/C18H10BrF3N4O2/c19-11-3-5-12(6-4-11)26-16(24-15-14(17(26)27)9-23-25-15)10-1-7-13(8-2-10)28-18(20,21)22/h1-9H,(H,23,25). The molecule has 28 heavy (non-hydrogen) atoms. The predicted octanol–water partition coefficient (Wildman–Crippen LogP) is 4.44. The summed E-state index contributed by atoms with van der Waals surface area (Å²) in [7, 11) is 0. The highest BCUT2D eigenvalue weighted by Crippen LogP contribution is 2.27. The monoisotopic (exact) mass is 450 g/mol. The van der Waals surface area contributed by atoms with Crippen molar-refractivity contribution in [3.63, 3.8) is 0 Å². The molecule has 2 aromatic carbocycles. The fourth-order valence-corrected chi connectivity index (χ4v) is 2.99. The topological polar surface area (TPSA) is 72.8 Å². The molecule has 1 N–H and O–H groups in total. The Morgan fingerprint density at radius 3 is 2.36 bits per heavy atom. The molecule has 0 saturated carbocycles. The molecule has 0 fully saturated rings. The lowest BCUT2D eigenvalue weighted by Crippen LogP contribution is -2.21. The lowest BCUT2D eigenvalue weighted by Gasteiger charge is -2.13. The van der Waals surface area contributed by atoms with Crippen molar-refractivity contribution in [2.24, 2.45) is 0 Å². The minimum atomic E-state index is -4.78. The molecule has 0 saturated heterocycles. The van der Waals surface area contributed by atoms with Gasteiger partial charge in [0.1, 0.15) is 17.0 Å². The Morgan fingerprint density at radius 2 is 1.71 bits per heavy atom. The van der Waals surface area contributed by atoms with Gasteiger partial charge in [0, 0.05) is 10.0 Å². The molecule has 10 heteroatoms. The van der Waals surface area contributed by atoms with Crippen LogP contribution in [0.2, 0.25) is 0 Å². The number of benzene rings is 2. The van der Waals surface area contributed by atoms with Crippen molar-refractivity contribution >= 4 is 27.0 Å². The number of ether oxygens (including phenoxy) is 1. The van der Waals surface area contributed by atoms with Gasteiger partial charge in [0.05, 0.1) is 11.9 Å². The number of H-pyrrole nitrogens is 1. The van der Waals surface area contributed by atoms with E-state index in [4.69, 9.17) is 0 Å².